The van der Waals surface area contributed by atoms with Crippen LogP contribution in [0.5, 0.6) is 0 Å². The Bertz CT molecular complexity index is 856. The van der Waals surface area contributed by atoms with Crippen molar-refractivity contribution in [2.75, 3.05) is 5.43 Å². The Labute approximate surface area is 144 Å². The van der Waals surface area contributed by atoms with Crippen molar-refractivity contribution < 1.29 is 4.42 Å². The summed E-state index contributed by atoms with van der Waals surface area (Å²) in [5, 5.41) is 5.39. The fraction of sp³-hybridized carbons (Fsp3) is 0.0556. The van der Waals surface area contributed by atoms with Crippen LogP contribution < -0.4 is 5.43 Å². The molecule has 0 bridgehead atoms. The van der Waals surface area contributed by atoms with E-state index in [1.807, 2.05) is 43.3 Å². The zero-order valence-corrected chi connectivity index (χ0v) is 13.9. The SMILES string of the molecule is Cc1ccccc1NN=Cc1ccc(-c2cc(Cl)ccc2Cl)o1. The molecule has 3 rings (SSSR count). The lowest BCUT2D eigenvalue weighted by molar-refractivity contribution is 0.575. The van der Waals surface area contributed by atoms with Crippen molar-refractivity contribution in [3.8, 4) is 11.3 Å². The maximum absolute atomic E-state index is 6.18. The number of aryl methyl sites for hydroxylation is 1. The largest absolute Gasteiger partial charge is 0.455 e. The third kappa shape index (κ3) is 3.76. The van der Waals surface area contributed by atoms with Crippen LogP contribution >= 0.6 is 23.2 Å². The van der Waals surface area contributed by atoms with E-state index in [1.54, 1.807) is 24.4 Å². The number of hydrazone groups is 1. The van der Waals surface area contributed by atoms with Crippen LogP contribution in [-0.4, -0.2) is 6.21 Å². The molecule has 0 amide bonds. The predicted octanol–water partition coefficient (Wildman–Crippen LogP) is 6.01. The van der Waals surface area contributed by atoms with E-state index in [-0.39, 0.29) is 0 Å². The Kier molecular flexibility index (Phi) is 4.70. The van der Waals surface area contributed by atoms with E-state index in [9.17, 15) is 0 Å². The van der Waals surface area contributed by atoms with Gasteiger partial charge in [0.15, 0.2) is 0 Å². The first kappa shape index (κ1) is 15.7. The summed E-state index contributed by atoms with van der Waals surface area (Å²) in [5.41, 5.74) is 5.82. The van der Waals surface area contributed by atoms with Gasteiger partial charge < -0.3 is 4.42 Å². The molecule has 0 spiro atoms. The molecule has 1 aromatic heterocycles. The highest BCUT2D eigenvalue weighted by Crippen LogP contribution is 2.31. The average Bonchev–Trinajstić information content (AvgIpc) is 3.00. The van der Waals surface area contributed by atoms with Crippen molar-refractivity contribution in [1.29, 1.82) is 0 Å². The summed E-state index contributed by atoms with van der Waals surface area (Å²) in [5.74, 6) is 1.27. The van der Waals surface area contributed by atoms with Crippen molar-refractivity contribution in [2.45, 2.75) is 6.92 Å². The molecule has 3 nitrogen and oxygen atoms in total. The van der Waals surface area contributed by atoms with Gasteiger partial charge in [-0.1, -0.05) is 41.4 Å². The fourth-order valence-corrected chi connectivity index (χ4v) is 2.50. The van der Waals surface area contributed by atoms with Gasteiger partial charge in [-0.05, 0) is 48.9 Å². The van der Waals surface area contributed by atoms with Gasteiger partial charge in [0.05, 0.1) is 16.9 Å². The smallest absolute Gasteiger partial charge is 0.147 e. The number of nitrogens with zero attached hydrogens (tertiary/aromatic N) is 1. The lowest BCUT2D eigenvalue weighted by Gasteiger charge is -2.03. The Balaban J connectivity index is 1.76. The number of halogens is 2. The van der Waals surface area contributed by atoms with E-state index in [2.05, 4.69) is 10.5 Å². The molecule has 0 radical (unpaired) electrons. The zero-order chi connectivity index (χ0) is 16.2. The van der Waals surface area contributed by atoms with Gasteiger partial charge in [-0.15, -0.1) is 0 Å². The van der Waals surface area contributed by atoms with Crippen LogP contribution in [-0.2, 0) is 0 Å². The van der Waals surface area contributed by atoms with Gasteiger partial charge in [-0.25, -0.2) is 0 Å². The number of furan rings is 1. The monoisotopic (exact) mass is 344 g/mol. The standard InChI is InChI=1S/C18H14Cl2N2O/c1-12-4-2-3-5-17(12)22-21-11-14-7-9-18(23-14)15-10-13(19)6-8-16(15)20/h2-11,22H,1H3. The lowest BCUT2D eigenvalue weighted by atomic mass is 10.2. The molecule has 23 heavy (non-hydrogen) atoms. The number of hydrogen-bond donors (Lipinski definition) is 1. The first-order valence-electron chi connectivity index (χ1n) is 7.03. The first-order chi connectivity index (χ1) is 11.1. The van der Waals surface area contributed by atoms with Crippen LogP contribution in [0.4, 0.5) is 5.69 Å². The van der Waals surface area contributed by atoms with E-state index in [0.717, 1.165) is 16.8 Å². The zero-order valence-electron chi connectivity index (χ0n) is 12.4. The Morgan fingerprint density at radius 2 is 1.87 bits per heavy atom. The van der Waals surface area contributed by atoms with Gasteiger partial charge in [0.25, 0.3) is 0 Å². The molecule has 1 heterocycles. The number of para-hydroxylation sites is 1. The van der Waals surface area contributed by atoms with Gasteiger partial charge in [-0.2, -0.15) is 5.10 Å². The predicted molar refractivity (Wildman–Crippen MR) is 96.6 cm³/mol. The van der Waals surface area contributed by atoms with Crippen molar-refractivity contribution in [3.63, 3.8) is 0 Å². The van der Waals surface area contributed by atoms with Crippen molar-refractivity contribution in [3.05, 3.63) is 76.0 Å². The summed E-state index contributed by atoms with van der Waals surface area (Å²) < 4.78 is 5.74. The fourth-order valence-electron chi connectivity index (χ4n) is 2.12. The lowest BCUT2D eigenvalue weighted by Crippen LogP contribution is -1.91. The quantitative estimate of drug-likeness (QED) is 0.465. The third-order valence-corrected chi connectivity index (χ3v) is 3.91. The Morgan fingerprint density at radius 3 is 2.70 bits per heavy atom. The maximum Gasteiger partial charge on any atom is 0.147 e. The summed E-state index contributed by atoms with van der Waals surface area (Å²) in [6.07, 6.45) is 1.62. The van der Waals surface area contributed by atoms with Gasteiger partial charge in [0, 0.05) is 10.6 Å². The summed E-state index contributed by atoms with van der Waals surface area (Å²) in [6, 6.07) is 16.8. The van der Waals surface area contributed by atoms with E-state index in [4.69, 9.17) is 27.6 Å². The maximum atomic E-state index is 6.18. The van der Waals surface area contributed by atoms with E-state index < -0.39 is 0 Å². The second-order valence-electron chi connectivity index (χ2n) is 5.01. The van der Waals surface area contributed by atoms with E-state index in [1.165, 1.54) is 0 Å². The Hall–Kier alpha value is -2.23. The summed E-state index contributed by atoms with van der Waals surface area (Å²) >= 11 is 12.2. The van der Waals surface area contributed by atoms with E-state index >= 15 is 0 Å². The minimum atomic E-state index is 0.588. The molecule has 116 valence electrons. The normalized spacial score (nSPS) is 11.1. The summed E-state index contributed by atoms with van der Waals surface area (Å²) in [4.78, 5) is 0. The summed E-state index contributed by atoms with van der Waals surface area (Å²) in [6.45, 7) is 2.02. The number of rotatable bonds is 4. The van der Waals surface area contributed by atoms with Gasteiger partial charge in [0.1, 0.15) is 11.5 Å². The highest BCUT2D eigenvalue weighted by molar-refractivity contribution is 6.35. The average molecular weight is 345 g/mol. The number of hydrogen-bond acceptors (Lipinski definition) is 3. The van der Waals surface area contributed by atoms with E-state index in [0.29, 0.717) is 21.6 Å². The molecule has 0 saturated carbocycles. The number of benzene rings is 2. The van der Waals surface area contributed by atoms with Gasteiger partial charge in [0.2, 0.25) is 0 Å². The second kappa shape index (κ2) is 6.90. The van der Waals surface area contributed by atoms with Crippen LogP contribution in [0.2, 0.25) is 10.0 Å². The van der Waals surface area contributed by atoms with Crippen LogP contribution in [0.25, 0.3) is 11.3 Å². The minimum absolute atomic E-state index is 0.588. The molecule has 0 aliphatic rings. The molecule has 0 aliphatic carbocycles. The molecule has 2 aromatic carbocycles. The highest BCUT2D eigenvalue weighted by atomic mass is 35.5. The first-order valence-corrected chi connectivity index (χ1v) is 7.79. The third-order valence-electron chi connectivity index (χ3n) is 3.34. The molecular formula is C18H14Cl2N2O. The van der Waals surface area contributed by atoms with Crippen LogP contribution in [0.15, 0.2) is 64.1 Å². The van der Waals surface area contributed by atoms with Gasteiger partial charge >= 0.3 is 0 Å². The number of nitrogens with one attached hydrogen (secondary N) is 1. The molecule has 0 saturated heterocycles. The van der Waals surface area contributed by atoms with Crippen LogP contribution in [0.1, 0.15) is 11.3 Å². The molecule has 0 unspecified atom stereocenters. The molecule has 0 fully saturated rings. The molecule has 5 heteroatoms. The number of anilines is 1. The molecule has 1 N–H and O–H groups in total. The molecule has 3 aromatic rings. The van der Waals surface area contributed by atoms with Crippen molar-refractivity contribution in [2.24, 2.45) is 5.10 Å². The van der Waals surface area contributed by atoms with Gasteiger partial charge in [-0.3, -0.25) is 5.43 Å². The molecule has 0 atom stereocenters. The van der Waals surface area contributed by atoms with Crippen LogP contribution in [0.3, 0.4) is 0 Å². The Morgan fingerprint density at radius 1 is 1.04 bits per heavy atom. The highest BCUT2D eigenvalue weighted by Gasteiger charge is 2.08. The van der Waals surface area contributed by atoms with Crippen LogP contribution in [0, 0.1) is 6.92 Å². The van der Waals surface area contributed by atoms with Crippen molar-refractivity contribution >= 4 is 35.1 Å². The molecular weight excluding hydrogens is 331 g/mol. The summed E-state index contributed by atoms with van der Waals surface area (Å²) in [7, 11) is 0. The second-order valence-corrected chi connectivity index (χ2v) is 5.85. The minimum Gasteiger partial charge on any atom is -0.455 e. The molecule has 0 aliphatic heterocycles. The topological polar surface area (TPSA) is 37.5 Å². The van der Waals surface area contributed by atoms with Crippen molar-refractivity contribution in [1.82, 2.24) is 0 Å².